The largest absolute Gasteiger partial charge is 0.507 e. The van der Waals surface area contributed by atoms with Gasteiger partial charge in [-0.05, 0) is 52.5 Å². The maximum absolute atomic E-state index is 11.6. The molecule has 21 heavy (non-hydrogen) atoms. The van der Waals surface area contributed by atoms with Crippen molar-refractivity contribution in [3.63, 3.8) is 0 Å². The minimum Gasteiger partial charge on any atom is -0.507 e. The molecule has 1 fully saturated rings. The topological polar surface area (TPSA) is 43.8 Å². The second-order valence-electron chi connectivity index (χ2n) is 6.01. The monoisotopic (exact) mass is 310 g/mol. The zero-order valence-corrected chi connectivity index (χ0v) is 13.7. The summed E-state index contributed by atoms with van der Waals surface area (Å²) in [5.41, 5.74) is 1.03. The molecule has 1 atom stereocenters. The second-order valence-corrected chi connectivity index (χ2v) is 6.45. The molecule has 1 N–H and O–H groups in total. The van der Waals surface area contributed by atoms with Gasteiger partial charge >= 0.3 is 0 Å². The van der Waals surface area contributed by atoms with Crippen LogP contribution in [0, 0.1) is 0 Å². The summed E-state index contributed by atoms with van der Waals surface area (Å²) in [6.07, 6.45) is 2.34. The number of hydrogen-bond acceptors (Lipinski definition) is 4. The number of hydrogen-bond donors (Lipinski definition) is 1. The molecule has 1 unspecified atom stereocenters. The standard InChI is InChI=1S/C16H23ClN2O2/c1-11(20)15-8-13(17)7-12(16(15)21)9-19-6-4-5-14(10-19)18(2)3/h7-8,14,21H,4-6,9-10H2,1-3H3. The van der Waals surface area contributed by atoms with Gasteiger partial charge < -0.3 is 10.0 Å². The molecule has 1 aromatic rings. The molecule has 1 aromatic carbocycles. The van der Waals surface area contributed by atoms with Crippen LogP contribution in [0.15, 0.2) is 12.1 Å². The van der Waals surface area contributed by atoms with Gasteiger partial charge in [0, 0.05) is 29.7 Å². The molecule has 1 aliphatic heterocycles. The molecular formula is C16H23ClN2O2. The Hall–Kier alpha value is -1.10. The lowest BCUT2D eigenvalue weighted by Crippen LogP contribution is -2.44. The van der Waals surface area contributed by atoms with Gasteiger partial charge in [0.1, 0.15) is 5.75 Å². The molecule has 1 aliphatic rings. The van der Waals surface area contributed by atoms with Crippen LogP contribution in [0.1, 0.15) is 35.7 Å². The van der Waals surface area contributed by atoms with Gasteiger partial charge in [0.25, 0.3) is 0 Å². The van der Waals surface area contributed by atoms with Crippen molar-refractivity contribution in [1.82, 2.24) is 9.80 Å². The van der Waals surface area contributed by atoms with E-state index in [1.807, 2.05) is 0 Å². The van der Waals surface area contributed by atoms with Crippen LogP contribution in [0.3, 0.4) is 0 Å². The van der Waals surface area contributed by atoms with Gasteiger partial charge in [-0.1, -0.05) is 11.6 Å². The Bertz CT molecular complexity index is 531. The molecule has 2 rings (SSSR count). The number of aromatic hydroxyl groups is 1. The van der Waals surface area contributed by atoms with E-state index in [0.29, 0.717) is 23.2 Å². The average Bonchev–Trinajstić information content (AvgIpc) is 2.42. The summed E-state index contributed by atoms with van der Waals surface area (Å²) in [5.74, 6) is -0.0973. The van der Waals surface area contributed by atoms with E-state index < -0.39 is 0 Å². The molecule has 0 aliphatic carbocycles. The number of nitrogens with zero attached hydrogens (tertiary/aromatic N) is 2. The fourth-order valence-corrected chi connectivity index (χ4v) is 3.12. The number of carbonyl (C=O) groups is 1. The summed E-state index contributed by atoms with van der Waals surface area (Å²) < 4.78 is 0. The SMILES string of the molecule is CC(=O)c1cc(Cl)cc(CN2CCCC(N(C)C)C2)c1O. The number of rotatable bonds is 4. The predicted octanol–water partition coefficient (Wildman–Crippen LogP) is 2.77. The molecule has 1 heterocycles. The summed E-state index contributed by atoms with van der Waals surface area (Å²) >= 11 is 6.07. The van der Waals surface area contributed by atoms with Crippen molar-refractivity contribution in [3.8, 4) is 5.75 Å². The zero-order chi connectivity index (χ0) is 15.6. The second kappa shape index (κ2) is 6.77. The Morgan fingerprint density at radius 1 is 1.48 bits per heavy atom. The van der Waals surface area contributed by atoms with Crippen LogP contribution in [-0.2, 0) is 6.54 Å². The summed E-state index contributed by atoms with van der Waals surface area (Å²) in [6, 6.07) is 3.82. The van der Waals surface area contributed by atoms with Crippen LogP contribution in [0.2, 0.25) is 5.02 Å². The highest BCUT2D eigenvalue weighted by Crippen LogP contribution is 2.29. The van der Waals surface area contributed by atoms with Crippen LogP contribution in [0.4, 0.5) is 0 Å². The third-order valence-corrected chi connectivity index (χ3v) is 4.36. The molecule has 5 heteroatoms. The number of phenolic OH excluding ortho intramolecular Hbond substituents is 1. The molecule has 0 amide bonds. The Kier molecular flexibility index (Phi) is 5.25. The maximum Gasteiger partial charge on any atom is 0.163 e. The van der Waals surface area contributed by atoms with Gasteiger partial charge in [0.2, 0.25) is 0 Å². The lowest BCUT2D eigenvalue weighted by Gasteiger charge is -2.36. The van der Waals surface area contributed by atoms with Gasteiger partial charge in [0.15, 0.2) is 5.78 Å². The molecular weight excluding hydrogens is 288 g/mol. The lowest BCUT2D eigenvalue weighted by molar-refractivity contribution is 0.101. The highest BCUT2D eigenvalue weighted by Gasteiger charge is 2.23. The average molecular weight is 311 g/mol. The molecule has 0 aromatic heterocycles. The molecule has 4 nitrogen and oxygen atoms in total. The van der Waals surface area contributed by atoms with E-state index in [0.717, 1.165) is 25.1 Å². The first-order valence-electron chi connectivity index (χ1n) is 7.29. The van der Waals surface area contributed by atoms with E-state index in [2.05, 4.69) is 23.9 Å². The van der Waals surface area contributed by atoms with Crippen molar-refractivity contribution in [3.05, 3.63) is 28.3 Å². The Labute approximate surface area is 131 Å². The maximum atomic E-state index is 11.6. The predicted molar refractivity (Wildman–Crippen MR) is 85.1 cm³/mol. The van der Waals surface area contributed by atoms with E-state index in [1.54, 1.807) is 6.07 Å². The van der Waals surface area contributed by atoms with Crippen LogP contribution in [0.5, 0.6) is 5.75 Å². The highest BCUT2D eigenvalue weighted by molar-refractivity contribution is 6.31. The first-order chi connectivity index (χ1) is 9.88. The normalized spacial score (nSPS) is 20.0. The molecule has 0 saturated carbocycles. The third kappa shape index (κ3) is 3.96. The quantitative estimate of drug-likeness (QED) is 0.869. The van der Waals surface area contributed by atoms with Crippen molar-refractivity contribution in [2.75, 3.05) is 27.2 Å². The first-order valence-corrected chi connectivity index (χ1v) is 7.67. The molecule has 0 spiro atoms. The molecule has 0 bridgehead atoms. The van der Waals surface area contributed by atoms with Gasteiger partial charge in [0.05, 0.1) is 5.56 Å². The first kappa shape index (κ1) is 16.3. The van der Waals surface area contributed by atoms with Crippen LogP contribution >= 0.6 is 11.6 Å². The smallest absolute Gasteiger partial charge is 0.163 e. The minimum absolute atomic E-state index is 0.0684. The van der Waals surface area contributed by atoms with Crippen LogP contribution < -0.4 is 0 Å². The minimum atomic E-state index is -0.166. The number of ketones is 1. The third-order valence-electron chi connectivity index (χ3n) is 4.14. The number of likely N-dealkylation sites (N-methyl/N-ethyl adjacent to an activating group) is 1. The van der Waals surface area contributed by atoms with Crippen LogP contribution in [-0.4, -0.2) is 53.9 Å². The fraction of sp³-hybridized carbons (Fsp3) is 0.562. The van der Waals surface area contributed by atoms with Crippen molar-refractivity contribution < 1.29 is 9.90 Å². The molecule has 0 radical (unpaired) electrons. The van der Waals surface area contributed by atoms with Crippen molar-refractivity contribution in [2.24, 2.45) is 0 Å². The van der Waals surface area contributed by atoms with E-state index in [-0.39, 0.29) is 11.5 Å². The lowest BCUT2D eigenvalue weighted by atomic mass is 10.0. The number of halogens is 1. The number of benzene rings is 1. The van der Waals surface area contributed by atoms with Gasteiger partial charge in [-0.15, -0.1) is 0 Å². The summed E-state index contributed by atoms with van der Waals surface area (Å²) in [4.78, 5) is 16.1. The summed E-state index contributed by atoms with van der Waals surface area (Å²) in [6.45, 7) is 4.04. The highest BCUT2D eigenvalue weighted by atomic mass is 35.5. The Morgan fingerprint density at radius 2 is 2.19 bits per heavy atom. The zero-order valence-electron chi connectivity index (χ0n) is 12.9. The summed E-state index contributed by atoms with van der Waals surface area (Å²) in [7, 11) is 4.19. The van der Waals surface area contributed by atoms with Gasteiger partial charge in [-0.2, -0.15) is 0 Å². The fourth-order valence-electron chi connectivity index (χ4n) is 2.88. The number of likely N-dealkylation sites (tertiary alicyclic amines) is 1. The van der Waals surface area contributed by atoms with Gasteiger partial charge in [-0.25, -0.2) is 0 Å². The Morgan fingerprint density at radius 3 is 2.81 bits per heavy atom. The van der Waals surface area contributed by atoms with Crippen LogP contribution in [0.25, 0.3) is 0 Å². The Balaban J connectivity index is 2.17. The van der Waals surface area contributed by atoms with E-state index in [4.69, 9.17) is 11.6 Å². The van der Waals surface area contributed by atoms with Crippen molar-refractivity contribution >= 4 is 17.4 Å². The van der Waals surface area contributed by atoms with E-state index in [1.165, 1.54) is 19.4 Å². The van der Waals surface area contributed by atoms with E-state index >= 15 is 0 Å². The summed E-state index contributed by atoms with van der Waals surface area (Å²) in [5, 5.41) is 10.8. The molecule has 1 saturated heterocycles. The number of carbonyl (C=O) groups excluding carboxylic acids is 1. The van der Waals surface area contributed by atoms with Gasteiger partial charge in [-0.3, -0.25) is 9.69 Å². The number of Topliss-reactive ketones (excluding diaryl/α,β-unsaturated/α-hetero) is 1. The molecule has 116 valence electrons. The number of piperidine rings is 1. The van der Waals surface area contributed by atoms with Crippen molar-refractivity contribution in [1.29, 1.82) is 0 Å². The number of phenols is 1. The van der Waals surface area contributed by atoms with E-state index in [9.17, 15) is 9.90 Å². The van der Waals surface area contributed by atoms with Crippen molar-refractivity contribution in [2.45, 2.75) is 32.4 Å².